The fourth-order valence-corrected chi connectivity index (χ4v) is 2.97. The van der Waals surface area contributed by atoms with Crippen LogP contribution in [0.4, 0.5) is 18.9 Å². The normalized spacial score (nSPS) is 11.1. The number of nitrogens with zero attached hydrogens (tertiary/aromatic N) is 3. The van der Waals surface area contributed by atoms with Crippen molar-refractivity contribution in [3.8, 4) is 11.8 Å². The number of halogens is 3. The van der Waals surface area contributed by atoms with Gasteiger partial charge in [0.2, 0.25) is 0 Å². The van der Waals surface area contributed by atoms with Crippen LogP contribution in [0.3, 0.4) is 0 Å². The fraction of sp³-hybridized carbons (Fsp3) is 0.0870. The predicted octanol–water partition coefficient (Wildman–Crippen LogP) is 4.71. The number of alkyl halides is 3. The molecular weight excluding hydrogens is 405 g/mol. The van der Waals surface area contributed by atoms with Crippen molar-refractivity contribution in [1.29, 1.82) is 0 Å². The molecule has 0 unspecified atom stereocenters. The molecule has 8 heteroatoms. The number of aromatic nitrogens is 3. The van der Waals surface area contributed by atoms with Crippen LogP contribution in [0.15, 0.2) is 67.0 Å². The lowest BCUT2D eigenvalue weighted by Crippen LogP contribution is -2.14. The Labute approximate surface area is 175 Å². The Hall–Kier alpha value is -4.12. The Morgan fingerprint density at radius 3 is 2.71 bits per heavy atom. The average molecular weight is 420 g/mol. The van der Waals surface area contributed by atoms with E-state index in [-0.39, 0.29) is 5.69 Å². The second-order valence-electron chi connectivity index (χ2n) is 6.75. The molecule has 0 aliphatic carbocycles. The molecule has 5 nitrogen and oxygen atoms in total. The van der Waals surface area contributed by atoms with Gasteiger partial charge >= 0.3 is 6.18 Å². The Morgan fingerprint density at radius 2 is 1.90 bits per heavy atom. The number of hydrogen-bond donors (Lipinski definition) is 1. The lowest BCUT2D eigenvalue weighted by Gasteiger charge is -2.11. The summed E-state index contributed by atoms with van der Waals surface area (Å²) in [7, 11) is 0. The van der Waals surface area contributed by atoms with Gasteiger partial charge in [-0.15, -0.1) is 0 Å². The number of fused-ring (bicyclic) bond motifs is 1. The molecule has 0 radical (unpaired) electrons. The van der Waals surface area contributed by atoms with Gasteiger partial charge in [0.05, 0.1) is 11.8 Å². The average Bonchev–Trinajstić information content (AvgIpc) is 3.16. The molecule has 0 fully saturated rings. The van der Waals surface area contributed by atoms with Crippen molar-refractivity contribution in [2.75, 3.05) is 5.32 Å². The summed E-state index contributed by atoms with van der Waals surface area (Å²) in [4.78, 5) is 16.9. The number of hydrogen-bond acceptors (Lipinski definition) is 3. The number of aryl methyl sites for hydroxylation is 1. The minimum atomic E-state index is -4.49. The highest BCUT2D eigenvalue weighted by molar-refractivity contribution is 6.05. The molecule has 154 valence electrons. The SMILES string of the molecule is Cc1ccc(C#Cc2cnc3cccnn23)cc1C(=O)Nc1cccc(C(F)(F)F)c1. The number of carbonyl (C=O) groups is 1. The fourth-order valence-electron chi connectivity index (χ4n) is 2.97. The van der Waals surface area contributed by atoms with E-state index < -0.39 is 17.6 Å². The van der Waals surface area contributed by atoms with Crippen LogP contribution in [0.1, 0.15) is 32.7 Å². The van der Waals surface area contributed by atoms with Crippen molar-refractivity contribution in [3.05, 3.63) is 94.9 Å². The molecule has 2 heterocycles. The molecule has 0 spiro atoms. The van der Waals surface area contributed by atoms with E-state index >= 15 is 0 Å². The highest BCUT2D eigenvalue weighted by Crippen LogP contribution is 2.30. The Balaban J connectivity index is 1.59. The first kappa shape index (κ1) is 20.2. The van der Waals surface area contributed by atoms with Crippen molar-refractivity contribution < 1.29 is 18.0 Å². The Bertz CT molecular complexity index is 1350. The van der Waals surface area contributed by atoms with Gasteiger partial charge in [-0.05, 0) is 60.9 Å². The van der Waals surface area contributed by atoms with Crippen LogP contribution in [0.5, 0.6) is 0 Å². The maximum atomic E-state index is 12.9. The summed E-state index contributed by atoms with van der Waals surface area (Å²) in [5.41, 5.74) is 2.05. The second kappa shape index (κ2) is 7.95. The van der Waals surface area contributed by atoms with E-state index in [2.05, 4.69) is 27.2 Å². The number of amides is 1. The van der Waals surface area contributed by atoms with Gasteiger partial charge in [0.25, 0.3) is 5.91 Å². The molecule has 4 aromatic rings. The van der Waals surface area contributed by atoms with Crippen LogP contribution in [0.25, 0.3) is 5.65 Å². The molecule has 2 aromatic carbocycles. The van der Waals surface area contributed by atoms with E-state index in [0.717, 1.165) is 12.1 Å². The van der Waals surface area contributed by atoms with Crippen molar-refractivity contribution in [1.82, 2.24) is 14.6 Å². The van der Waals surface area contributed by atoms with Crippen LogP contribution < -0.4 is 5.32 Å². The first-order chi connectivity index (χ1) is 14.8. The van der Waals surface area contributed by atoms with E-state index in [1.807, 2.05) is 0 Å². The molecule has 0 saturated heterocycles. The smallest absolute Gasteiger partial charge is 0.322 e. The summed E-state index contributed by atoms with van der Waals surface area (Å²) in [5.74, 6) is 5.43. The quantitative estimate of drug-likeness (QED) is 0.478. The van der Waals surface area contributed by atoms with Gasteiger partial charge in [-0.2, -0.15) is 18.3 Å². The van der Waals surface area contributed by atoms with E-state index in [4.69, 9.17) is 0 Å². The molecule has 1 amide bonds. The largest absolute Gasteiger partial charge is 0.416 e. The number of anilines is 1. The van der Waals surface area contributed by atoms with Crippen molar-refractivity contribution in [3.63, 3.8) is 0 Å². The minimum Gasteiger partial charge on any atom is -0.322 e. The summed E-state index contributed by atoms with van der Waals surface area (Å²) >= 11 is 0. The number of nitrogens with one attached hydrogen (secondary N) is 1. The van der Waals surface area contributed by atoms with Gasteiger partial charge in [0, 0.05) is 23.0 Å². The van der Waals surface area contributed by atoms with Crippen LogP contribution in [0, 0.1) is 18.8 Å². The standard InChI is InChI=1S/C23H15F3N4O/c1-15-7-8-16(9-10-19-14-27-21-6-3-11-28-30(19)21)12-20(15)22(31)29-18-5-2-4-17(13-18)23(24,25)26/h2-8,11-14H,1H3,(H,29,31). The third-order valence-electron chi connectivity index (χ3n) is 4.54. The molecule has 31 heavy (non-hydrogen) atoms. The zero-order valence-corrected chi connectivity index (χ0v) is 16.2. The maximum Gasteiger partial charge on any atom is 0.416 e. The van der Waals surface area contributed by atoms with Gasteiger partial charge in [-0.1, -0.05) is 18.1 Å². The van der Waals surface area contributed by atoms with Crippen molar-refractivity contribution in [2.45, 2.75) is 13.1 Å². The zero-order valence-electron chi connectivity index (χ0n) is 16.2. The number of benzene rings is 2. The number of imidazole rings is 1. The molecular formula is C23H15F3N4O. The van der Waals surface area contributed by atoms with Gasteiger partial charge < -0.3 is 5.32 Å². The number of rotatable bonds is 2. The summed E-state index contributed by atoms with van der Waals surface area (Å²) in [6.45, 7) is 1.74. The van der Waals surface area contributed by atoms with E-state index in [1.165, 1.54) is 12.1 Å². The van der Waals surface area contributed by atoms with Crippen LogP contribution >= 0.6 is 0 Å². The minimum absolute atomic E-state index is 0.0625. The third-order valence-corrected chi connectivity index (χ3v) is 4.54. The second-order valence-corrected chi connectivity index (χ2v) is 6.75. The van der Waals surface area contributed by atoms with Gasteiger partial charge in [0.1, 0.15) is 5.69 Å². The molecule has 0 aliphatic rings. The highest BCUT2D eigenvalue weighted by atomic mass is 19.4. The molecule has 0 bridgehead atoms. The molecule has 0 atom stereocenters. The summed E-state index contributed by atoms with van der Waals surface area (Å²) in [6, 6.07) is 13.2. The van der Waals surface area contributed by atoms with Crippen LogP contribution in [-0.4, -0.2) is 20.5 Å². The van der Waals surface area contributed by atoms with E-state index in [0.29, 0.717) is 28.0 Å². The Kier molecular flexibility index (Phi) is 5.17. The predicted molar refractivity (Wildman–Crippen MR) is 110 cm³/mol. The topological polar surface area (TPSA) is 59.3 Å². The zero-order chi connectivity index (χ0) is 22.0. The van der Waals surface area contributed by atoms with Gasteiger partial charge in [-0.3, -0.25) is 4.79 Å². The molecule has 0 saturated carbocycles. The van der Waals surface area contributed by atoms with Crippen molar-refractivity contribution >= 4 is 17.2 Å². The van der Waals surface area contributed by atoms with Crippen LogP contribution in [0.2, 0.25) is 0 Å². The summed E-state index contributed by atoms with van der Waals surface area (Å²) < 4.78 is 40.3. The monoisotopic (exact) mass is 420 g/mol. The Morgan fingerprint density at radius 1 is 1.06 bits per heavy atom. The molecule has 0 aliphatic heterocycles. The number of carbonyl (C=O) groups excluding carboxylic acids is 1. The first-order valence-corrected chi connectivity index (χ1v) is 9.21. The molecule has 4 rings (SSSR count). The first-order valence-electron chi connectivity index (χ1n) is 9.21. The lowest BCUT2D eigenvalue weighted by molar-refractivity contribution is -0.137. The molecule has 1 N–H and O–H groups in total. The van der Waals surface area contributed by atoms with Gasteiger partial charge in [0.15, 0.2) is 5.65 Å². The van der Waals surface area contributed by atoms with Crippen molar-refractivity contribution in [2.24, 2.45) is 0 Å². The maximum absolute atomic E-state index is 12.9. The van der Waals surface area contributed by atoms with E-state index in [9.17, 15) is 18.0 Å². The molecule has 2 aromatic heterocycles. The van der Waals surface area contributed by atoms with E-state index in [1.54, 1.807) is 54.2 Å². The summed E-state index contributed by atoms with van der Waals surface area (Å²) in [5, 5.41) is 6.71. The lowest BCUT2D eigenvalue weighted by atomic mass is 10.0. The summed E-state index contributed by atoms with van der Waals surface area (Å²) in [6.07, 6.45) is -1.26. The highest BCUT2D eigenvalue weighted by Gasteiger charge is 2.30. The van der Waals surface area contributed by atoms with Crippen LogP contribution in [-0.2, 0) is 6.18 Å². The van der Waals surface area contributed by atoms with Gasteiger partial charge in [-0.25, -0.2) is 9.50 Å². The third kappa shape index (κ3) is 4.41.